The molecule has 0 amide bonds. The van der Waals surface area contributed by atoms with Crippen LogP contribution >= 0.6 is 0 Å². The second-order valence-corrected chi connectivity index (χ2v) is 6.14. The van der Waals surface area contributed by atoms with Gasteiger partial charge in [0.25, 0.3) is 0 Å². The van der Waals surface area contributed by atoms with Crippen LogP contribution < -0.4 is 10.1 Å². The lowest BCUT2D eigenvalue weighted by Crippen LogP contribution is -2.29. The van der Waals surface area contributed by atoms with Crippen molar-refractivity contribution >= 4 is 22.7 Å². The van der Waals surface area contributed by atoms with Gasteiger partial charge in [-0.2, -0.15) is 0 Å². The normalized spacial score (nSPS) is 15.9. The van der Waals surface area contributed by atoms with Crippen molar-refractivity contribution in [2.75, 3.05) is 13.7 Å². The number of nitrogens with zero attached hydrogens (tertiary/aromatic N) is 1. The second kappa shape index (κ2) is 8.42. The first-order valence-electron chi connectivity index (χ1n) is 8.55. The molecule has 2 N–H and O–H groups in total. The summed E-state index contributed by atoms with van der Waals surface area (Å²) < 4.78 is 5.23. The minimum atomic E-state index is -0.944. The Morgan fingerprint density at radius 1 is 1.15 bits per heavy atom. The summed E-state index contributed by atoms with van der Waals surface area (Å²) in [7, 11) is 1.67. The van der Waals surface area contributed by atoms with Crippen molar-refractivity contribution in [1.82, 2.24) is 10.3 Å². The molecule has 0 spiro atoms. The lowest BCUT2D eigenvalue weighted by molar-refractivity contribution is -0.139. The lowest BCUT2D eigenvalue weighted by Gasteiger charge is -2.05. The van der Waals surface area contributed by atoms with Gasteiger partial charge in [-0.1, -0.05) is 36.4 Å². The van der Waals surface area contributed by atoms with Gasteiger partial charge in [0, 0.05) is 23.4 Å². The number of carbonyl (C=O) groups excluding carboxylic acids is 1. The number of nitrogens with one attached hydrogen (secondary N) is 1. The van der Waals surface area contributed by atoms with E-state index >= 15 is 0 Å². The number of carboxylic acids is 1. The molecular formula is C21H20N2O4. The third-order valence-electron chi connectivity index (χ3n) is 4.24. The molecule has 6 nitrogen and oxygen atoms in total. The van der Waals surface area contributed by atoms with Gasteiger partial charge in [0.05, 0.1) is 24.9 Å². The van der Waals surface area contributed by atoms with Gasteiger partial charge in [-0.25, -0.2) is 4.98 Å². The fourth-order valence-electron chi connectivity index (χ4n) is 2.78. The smallest absolute Gasteiger partial charge is 0.321 e. The van der Waals surface area contributed by atoms with E-state index < -0.39 is 12.0 Å². The van der Waals surface area contributed by atoms with E-state index in [4.69, 9.17) is 9.84 Å². The molecule has 1 atom stereocenters. The van der Waals surface area contributed by atoms with E-state index in [0.29, 0.717) is 0 Å². The molecule has 0 saturated carbocycles. The maximum absolute atomic E-state index is 10.4. The minimum absolute atomic E-state index is 0.0256. The van der Waals surface area contributed by atoms with Crippen LogP contribution in [0.15, 0.2) is 60.7 Å². The van der Waals surface area contributed by atoms with E-state index in [2.05, 4.69) is 28.5 Å². The maximum Gasteiger partial charge on any atom is 0.321 e. The fraction of sp³-hybridized carbons (Fsp3) is 0.190. The highest BCUT2D eigenvalue weighted by atomic mass is 16.5. The van der Waals surface area contributed by atoms with Crippen LogP contribution in [0, 0.1) is 0 Å². The van der Waals surface area contributed by atoms with E-state index in [0.717, 1.165) is 27.9 Å². The van der Waals surface area contributed by atoms with Crippen LogP contribution in [0.25, 0.3) is 22.2 Å². The fourth-order valence-corrected chi connectivity index (χ4v) is 2.78. The van der Waals surface area contributed by atoms with Crippen molar-refractivity contribution in [1.29, 1.82) is 0 Å². The van der Waals surface area contributed by atoms with Gasteiger partial charge in [0.1, 0.15) is 17.6 Å². The number of methoxy groups -OCH3 is 1. The first kappa shape index (κ1) is 18.5. The third-order valence-corrected chi connectivity index (χ3v) is 4.24. The summed E-state index contributed by atoms with van der Waals surface area (Å²) in [6.45, 7) is 0.205. The number of carboxylic acid groups (broad SMARTS) is 1. The molecule has 6 heteroatoms. The second-order valence-electron chi connectivity index (χ2n) is 6.14. The van der Waals surface area contributed by atoms with Crippen molar-refractivity contribution in [2.24, 2.45) is 0 Å². The largest absolute Gasteiger partial charge is 0.497 e. The standard InChI is InChI=1S/C16H13NO.C5H7NO3/c1-18-14-9-7-13-8-10-15(17-16(13)11-14)12-5-3-2-4-6-12;7-3-1-4(5(8)9)6-2-3/h2-11H,1H3;4,6H,1-2H2,(H,8,9)/t;4-/m.0/s1. The number of pyridine rings is 1. The molecule has 2 heterocycles. The van der Waals surface area contributed by atoms with Gasteiger partial charge < -0.3 is 9.84 Å². The number of Topliss-reactive ketones (excluding diaryl/α,β-unsaturated/α-hetero) is 1. The molecule has 1 aromatic heterocycles. The quantitative estimate of drug-likeness (QED) is 0.743. The first-order chi connectivity index (χ1) is 13.1. The number of carbonyl (C=O) groups is 2. The zero-order chi connectivity index (χ0) is 19.2. The van der Waals surface area contributed by atoms with E-state index in [-0.39, 0.29) is 18.7 Å². The van der Waals surface area contributed by atoms with Crippen LogP contribution in [-0.4, -0.2) is 41.5 Å². The average molecular weight is 364 g/mol. The molecule has 27 heavy (non-hydrogen) atoms. The SMILES string of the molecule is COc1ccc2ccc(-c3ccccc3)nc2c1.O=C1CN[C@H](C(=O)O)C1. The number of hydrogen-bond donors (Lipinski definition) is 2. The molecule has 2 aromatic carbocycles. The van der Waals surface area contributed by atoms with Gasteiger partial charge in [0.2, 0.25) is 0 Å². The Morgan fingerprint density at radius 2 is 1.89 bits per heavy atom. The van der Waals surface area contributed by atoms with Gasteiger partial charge in [-0.3, -0.25) is 14.9 Å². The number of ketones is 1. The topological polar surface area (TPSA) is 88.5 Å². The predicted octanol–water partition coefficient (Wildman–Crippen LogP) is 2.91. The summed E-state index contributed by atoms with van der Waals surface area (Å²) in [6, 6.07) is 19.6. The molecule has 1 fully saturated rings. The molecular weight excluding hydrogens is 344 g/mol. The van der Waals surface area contributed by atoms with Crippen LogP contribution in [0.2, 0.25) is 0 Å². The van der Waals surface area contributed by atoms with Crippen molar-refractivity contribution in [3.05, 3.63) is 60.7 Å². The first-order valence-corrected chi connectivity index (χ1v) is 8.55. The van der Waals surface area contributed by atoms with E-state index in [1.54, 1.807) is 7.11 Å². The summed E-state index contributed by atoms with van der Waals surface area (Å²) in [5.41, 5.74) is 3.06. The zero-order valence-electron chi connectivity index (χ0n) is 14.9. The zero-order valence-corrected chi connectivity index (χ0v) is 14.9. The molecule has 1 aliphatic rings. The predicted molar refractivity (Wildman–Crippen MR) is 103 cm³/mol. The van der Waals surface area contributed by atoms with Crippen LogP contribution in [0.3, 0.4) is 0 Å². The van der Waals surface area contributed by atoms with Crippen molar-refractivity contribution in [2.45, 2.75) is 12.5 Å². The molecule has 1 aliphatic heterocycles. The number of hydrogen-bond acceptors (Lipinski definition) is 5. The Labute approximate surface area is 156 Å². The summed E-state index contributed by atoms with van der Waals surface area (Å²) >= 11 is 0. The summed E-state index contributed by atoms with van der Waals surface area (Å²) in [5.74, 6) is -0.136. The molecule has 0 bridgehead atoms. The Morgan fingerprint density at radius 3 is 2.48 bits per heavy atom. The van der Waals surface area contributed by atoms with Crippen LogP contribution in [0.1, 0.15) is 6.42 Å². The molecule has 0 radical (unpaired) electrons. The Kier molecular flexibility index (Phi) is 5.78. The highest BCUT2D eigenvalue weighted by Crippen LogP contribution is 2.23. The van der Waals surface area contributed by atoms with E-state index in [1.165, 1.54) is 0 Å². The van der Waals surface area contributed by atoms with Crippen LogP contribution in [-0.2, 0) is 9.59 Å². The minimum Gasteiger partial charge on any atom is -0.497 e. The van der Waals surface area contributed by atoms with Gasteiger partial charge in [-0.15, -0.1) is 0 Å². The molecule has 1 saturated heterocycles. The highest BCUT2D eigenvalue weighted by Gasteiger charge is 2.26. The summed E-state index contributed by atoms with van der Waals surface area (Å²) in [4.78, 5) is 25.2. The van der Waals surface area contributed by atoms with Crippen LogP contribution in [0.4, 0.5) is 0 Å². The maximum atomic E-state index is 10.4. The van der Waals surface area contributed by atoms with Crippen molar-refractivity contribution in [3.63, 3.8) is 0 Å². The van der Waals surface area contributed by atoms with Crippen molar-refractivity contribution in [3.8, 4) is 17.0 Å². The Bertz CT molecular complexity index is 957. The number of aromatic nitrogens is 1. The van der Waals surface area contributed by atoms with E-state index in [1.807, 2.05) is 42.5 Å². The van der Waals surface area contributed by atoms with Gasteiger partial charge >= 0.3 is 5.97 Å². The third kappa shape index (κ3) is 4.68. The molecule has 3 aromatic rings. The summed E-state index contributed by atoms with van der Waals surface area (Å²) in [5, 5.41) is 12.0. The Hall–Kier alpha value is -3.25. The molecule has 0 unspecified atom stereocenters. The lowest BCUT2D eigenvalue weighted by atomic mass is 10.1. The highest BCUT2D eigenvalue weighted by molar-refractivity contribution is 5.90. The molecule has 4 rings (SSSR count). The number of benzene rings is 2. The monoisotopic (exact) mass is 364 g/mol. The van der Waals surface area contributed by atoms with E-state index in [9.17, 15) is 9.59 Å². The van der Waals surface area contributed by atoms with Crippen molar-refractivity contribution < 1.29 is 19.4 Å². The number of ether oxygens (including phenoxy) is 1. The number of aliphatic carboxylic acids is 1. The summed E-state index contributed by atoms with van der Waals surface area (Å²) in [6.07, 6.45) is 0.134. The number of fused-ring (bicyclic) bond motifs is 1. The Balaban J connectivity index is 0.000000197. The molecule has 0 aliphatic carbocycles. The van der Waals surface area contributed by atoms with Gasteiger partial charge in [0.15, 0.2) is 0 Å². The van der Waals surface area contributed by atoms with Crippen LogP contribution in [0.5, 0.6) is 5.75 Å². The van der Waals surface area contributed by atoms with Gasteiger partial charge in [-0.05, 0) is 18.2 Å². The average Bonchev–Trinajstić information content (AvgIpc) is 3.15. The molecule has 138 valence electrons. The number of rotatable bonds is 3.